The fraction of sp³-hybridized carbons (Fsp3) is 0.947. The molecule has 0 aromatic heterocycles. The van der Waals surface area contributed by atoms with E-state index >= 15 is 0 Å². The van der Waals surface area contributed by atoms with Crippen molar-refractivity contribution in [3.8, 4) is 0 Å². The molecular formula is C19H37NaO5S. The van der Waals surface area contributed by atoms with E-state index in [4.69, 9.17) is 4.74 Å². The molecule has 1 unspecified atom stereocenters. The van der Waals surface area contributed by atoms with Gasteiger partial charge >= 0.3 is 35.5 Å². The molecule has 0 rings (SSSR count). The van der Waals surface area contributed by atoms with Crippen LogP contribution in [0, 0.1) is 0 Å². The third kappa shape index (κ3) is 22.4. The molecule has 0 fully saturated rings. The molecule has 0 spiro atoms. The quantitative estimate of drug-likeness (QED) is 0.161. The number of hydrogen-bond acceptors (Lipinski definition) is 5. The zero-order valence-corrected chi connectivity index (χ0v) is 19.9. The van der Waals surface area contributed by atoms with E-state index < -0.39 is 27.9 Å². The number of ether oxygens (including phenoxy) is 1. The van der Waals surface area contributed by atoms with Gasteiger partial charge in [-0.05, 0) is 12.8 Å². The topological polar surface area (TPSA) is 83.5 Å². The van der Waals surface area contributed by atoms with Crippen LogP contribution in [0.3, 0.4) is 0 Å². The number of carbonyl (C=O) groups excluding carboxylic acids is 1. The van der Waals surface area contributed by atoms with Crippen molar-refractivity contribution in [3.63, 3.8) is 0 Å². The molecule has 0 aliphatic carbocycles. The molecule has 0 amide bonds. The zero-order valence-electron chi connectivity index (χ0n) is 17.1. The molecule has 5 nitrogen and oxygen atoms in total. The number of carbonyl (C=O) groups is 1. The van der Waals surface area contributed by atoms with Crippen molar-refractivity contribution < 1.29 is 52.1 Å². The van der Waals surface area contributed by atoms with E-state index in [2.05, 4.69) is 6.92 Å². The van der Waals surface area contributed by atoms with Gasteiger partial charge in [-0.3, -0.25) is 4.79 Å². The largest absolute Gasteiger partial charge is 1.00 e. The Morgan fingerprint density at radius 3 is 1.58 bits per heavy atom. The van der Waals surface area contributed by atoms with Crippen LogP contribution in [0.2, 0.25) is 0 Å². The van der Waals surface area contributed by atoms with Crippen LogP contribution >= 0.6 is 0 Å². The first-order valence-corrected chi connectivity index (χ1v) is 11.5. The summed E-state index contributed by atoms with van der Waals surface area (Å²) >= 11 is 0. The smallest absolute Gasteiger partial charge is 0.748 e. The fourth-order valence-corrected chi connectivity index (χ4v) is 3.72. The Morgan fingerprint density at radius 1 is 0.846 bits per heavy atom. The Morgan fingerprint density at radius 2 is 1.23 bits per heavy atom. The number of rotatable bonds is 17. The van der Waals surface area contributed by atoms with Gasteiger partial charge in [-0.1, -0.05) is 84.0 Å². The van der Waals surface area contributed by atoms with Gasteiger partial charge < -0.3 is 9.29 Å². The molecule has 0 aliphatic rings. The van der Waals surface area contributed by atoms with Crippen LogP contribution in [-0.4, -0.2) is 30.8 Å². The van der Waals surface area contributed by atoms with Gasteiger partial charge in [-0.2, -0.15) is 0 Å². The van der Waals surface area contributed by atoms with Gasteiger partial charge in [0.2, 0.25) is 0 Å². The van der Waals surface area contributed by atoms with Gasteiger partial charge in [-0.15, -0.1) is 0 Å². The molecule has 150 valence electrons. The summed E-state index contributed by atoms with van der Waals surface area (Å²) in [6.07, 6.45) is 15.7. The van der Waals surface area contributed by atoms with Crippen molar-refractivity contribution >= 4 is 16.1 Å². The van der Waals surface area contributed by atoms with E-state index in [-0.39, 0.29) is 29.6 Å². The van der Waals surface area contributed by atoms with Crippen molar-refractivity contribution in [3.05, 3.63) is 0 Å². The average molecular weight is 401 g/mol. The molecule has 0 aromatic rings. The molecule has 0 radical (unpaired) electrons. The molecule has 0 bridgehead atoms. The van der Waals surface area contributed by atoms with Gasteiger partial charge in [0.15, 0.2) is 0 Å². The minimum absolute atomic E-state index is 0. The van der Waals surface area contributed by atoms with Crippen LogP contribution in [-0.2, 0) is 19.6 Å². The normalized spacial score (nSPS) is 12.4. The summed E-state index contributed by atoms with van der Waals surface area (Å²) in [5, 5.41) is 0. The second-order valence-electron chi connectivity index (χ2n) is 6.99. The monoisotopic (exact) mass is 400 g/mol. The van der Waals surface area contributed by atoms with Gasteiger partial charge in [0.1, 0.15) is 6.10 Å². The standard InChI is InChI=1S/C19H38O5S.Na/c1-3-4-5-6-7-8-9-10-11-12-13-14-15-16-19(24-18(2)20)17-25(21,22)23;/h19H,3-17H2,1-2H3,(H,21,22,23);/q;+1/p-1. The van der Waals surface area contributed by atoms with Crippen molar-refractivity contribution in [1.29, 1.82) is 0 Å². The first-order valence-electron chi connectivity index (χ1n) is 9.96. The van der Waals surface area contributed by atoms with E-state index in [0.29, 0.717) is 6.42 Å². The Balaban J connectivity index is 0. The Bertz CT molecular complexity index is 426. The molecule has 0 N–H and O–H groups in total. The summed E-state index contributed by atoms with van der Waals surface area (Å²) < 4.78 is 37.3. The third-order valence-corrected chi connectivity index (χ3v) is 5.13. The Kier molecular flexibility index (Phi) is 20.6. The van der Waals surface area contributed by atoms with Crippen LogP contribution in [0.1, 0.15) is 104 Å². The van der Waals surface area contributed by atoms with Crippen LogP contribution in [0.5, 0.6) is 0 Å². The summed E-state index contributed by atoms with van der Waals surface area (Å²) in [7, 11) is -4.36. The maximum atomic E-state index is 11.0. The molecule has 0 heterocycles. The first-order chi connectivity index (χ1) is 11.8. The molecule has 1 atom stereocenters. The summed E-state index contributed by atoms with van der Waals surface area (Å²) in [5.74, 6) is -1.16. The van der Waals surface area contributed by atoms with Crippen molar-refractivity contribution in [2.45, 2.75) is 110 Å². The predicted octanol–water partition coefficient (Wildman–Crippen LogP) is 1.95. The van der Waals surface area contributed by atoms with Gasteiger partial charge in [0, 0.05) is 6.92 Å². The van der Waals surface area contributed by atoms with Crippen molar-refractivity contribution in [1.82, 2.24) is 0 Å². The van der Waals surface area contributed by atoms with E-state index in [9.17, 15) is 17.8 Å². The molecule has 0 aliphatic heterocycles. The van der Waals surface area contributed by atoms with E-state index in [0.717, 1.165) is 19.3 Å². The molecule has 7 heteroatoms. The fourth-order valence-electron chi connectivity index (χ4n) is 3.03. The Labute approximate surface area is 183 Å². The molecule has 0 saturated heterocycles. The maximum Gasteiger partial charge on any atom is 1.00 e. The summed E-state index contributed by atoms with van der Waals surface area (Å²) in [6.45, 7) is 3.47. The molecular weight excluding hydrogens is 363 g/mol. The van der Waals surface area contributed by atoms with Crippen molar-refractivity contribution in [2.24, 2.45) is 0 Å². The summed E-state index contributed by atoms with van der Waals surface area (Å²) in [5.41, 5.74) is 0. The average Bonchev–Trinajstić information content (AvgIpc) is 2.49. The minimum Gasteiger partial charge on any atom is -0.748 e. The molecule has 0 saturated carbocycles. The second kappa shape index (κ2) is 18.7. The van der Waals surface area contributed by atoms with Crippen LogP contribution in [0.15, 0.2) is 0 Å². The molecule has 0 aromatic carbocycles. The van der Waals surface area contributed by atoms with Crippen LogP contribution < -0.4 is 29.6 Å². The first kappa shape index (κ1) is 28.6. The zero-order chi connectivity index (χ0) is 19.0. The van der Waals surface area contributed by atoms with Gasteiger partial charge in [0.05, 0.1) is 15.9 Å². The summed E-state index contributed by atoms with van der Waals surface area (Å²) in [4.78, 5) is 11.0. The summed E-state index contributed by atoms with van der Waals surface area (Å²) in [6, 6.07) is 0. The van der Waals surface area contributed by atoms with E-state index in [1.165, 1.54) is 71.1 Å². The van der Waals surface area contributed by atoms with Gasteiger partial charge in [0.25, 0.3) is 0 Å². The SMILES string of the molecule is CCCCCCCCCCCCCCCC(CS(=O)(=O)[O-])OC(C)=O.[Na+]. The third-order valence-electron chi connectivity index (χ3n) is 4.35. The number of hydrogen-bond donors (Lipinski definition) is 0. The molecule has 26 heavy (non-hydrogen) atoms. The van der Waals surface area contributed by atoms with Crippen molar-refractivity contribution in [2.75, 3.05) is 5.75 Å². The number of unbranched alkanes of at least 4 members (excludes halogenated alkanes) is 12. The van der Waals surface area contributed by atoms with Crippen LogP contribution in [0.4, 0.5) is 0 Å². The van der Waals surface area contributed by atoms with E-state index in [1.54, 1.807) is 0 Å². The minimum atomic E-state index is -4.36. The Hall–Kier alpha value is 0.380. The van der Waals surface area contributed by atoms with Crippen LogP contribution in [0.25, 0.3) is 0 Å². The predicted molar refractivity (Wildman–Crippen MR) is 100 cm³/mol. The van der Waals surface area contributed by atoms with Gasteiger partial charge in [-0.25, -0.2) is 8.42 Å². The van der Waals surface area contributed by atoms with E-state index in [1.807, 2.05) is 0 Å². The second-order valence-corrected chi connectivity index (χ2v) is 8.44. The maximum absolute atomic E-state index is 11.0. The number of esters is 1.